The number of hydrogen-bond donors (Lipinski definition) is 3. The van der Waals surface area contributed by atoms with Crippen LogP contribution in [-0.4, -0.2) is 33.9 Å². The maximum atomic E-state index is 11.4. The molecule has 1 aromatic heterocycles. The van der Waals surface area contributed by atoms with Gasteiger partial charge in [-0.25, -0.2) is 4.79 Å². The van der Waals surface area contributed by atoms with Crippen LogP contribution >= 0.6 is 0 Å². The predicted octanol–water partition coefficient (Wildman–Crippen LogP) is 2.48. The van der Waals surface area contributed by atoms with E-state index in [1.54, 1.807) is 12.1 Å². The molecule has 1 heterocycles. The number of hydrogen-bond acceptors (Lipinski definition) is 3. The van der Waals surface area contributed by atoms with Gasteiger partial charge in [0.05, 0.1) is 11.1 Å². The second kappa shape index (κ2) is 7.62. The molecule has 23 heavy (non-hydrogen) atoms. The van der Waals surface area contributed by atoms with Gasteiger partial charge in [-0.3, -0.25) is 0 Å². The van der Waals surface area contributed by atoms with Crippen molar-refractivity contribution in [2.45, 2.75) is 46.1 Å². The van der Waals surface area contributed by atoms with Crippen LogP contribution in [0.3, 0.4) is 0 Å². The number of nitrogens with two attached hydrogens (primary N) is 1. The molecule has 0 bridgehead atoms. The summed E-state index contributed by atoms with van der Waals surface area (Å²) in [5, 5.41) is 19.6. The molecule has 1 aromatic carbocycles. The summed E-state index contributed by atoms with van der Waals surface area (Å²) < 4.78 is 2.22. The van der Waals surface area contributed by atoms with Crippen LogP contribution < -0.4 is 5.73 Å². The third-order valence-corrected chi connectivity index (χ3v) is 4.42. The molecule has 0 spiro atoms. The number of carboxylic acids is 1. The maximum absolute atomic E-state index is 11.4. The fraction of sp³-hybridized carbons (Fsp3) is 0.500. The molecule has 0 aliphatic heterocycles. The lowest BCUT2D eigenvalue weighted by Gasteiger charge is -2.11. The van der Waals surface area contributed by atoms with Gasteiger partial charge in [-0.15, -0.1) is 0 Å². The van der Waals surface area contributed by atoms with Crippen LogP contribution in [0.5, 0.6) is 0 Å². The summed E-state index contributed by atoms with van der Waals surface area (Å²) in [7, 11) is 0. The van der Waals surface area contributed by atoms with Crippen LogP contribution in [0.25, 0.3) is 10.9 Å². The van der Waals surface area contributed by atoms with E-state index in [0.717, 1.165) is 48.0 Å². The number of aliphatic hydroxyl groups is 1. The van der Waals surface area contributed by atoms with E-state index in [1.807, 2.05) is 6.92 Å². The van der Waals surface area contributed by atoms with Crippen molar-refractivity contribution in [3.63, 3.8) is 0 Å². The zero-order chi connectivity index (χ0) is 17.0. The molecule has 0 fully saturated rings. The highest BCUT2D eigenvalue weighted by molar-refractivity contribution is 5.97. The van der Waals surface area contributed by atoms with Crippen molar-refractivity contribution in [2.75, 3.05) is 13.2 Å². The van der Waals surface area contributed by atoms with E-state index in [2.05, 4.69) is 11.5 Å². The molecule has 0 saturated carbocycles. The fourth-order valence-corrected chi connectivity index (χ4v) is 3.26. The largest absolute Gasteiger partial charge is 0.478 e. The van der Waals surface area contributed by atoms with Crippen molar-refractivity contribution in [1.29, 1.82) is 0 Å². The zero-order valence-corrected chi connectivity index (χ0v) is 13.9. The zero-order valence-electron chi connectivity index (χ0n) is 13.9. The van der Waals surface area contributed by atoms with Crippen LogP contribution in [-0.2, 0) is 19.4 Å². The van der Waals surface area contributed by atoms with Crippen LogP contribution in [0, 0.1) is 6.92 Å². The Hall–Kier alpha value is -1.85. The number of benzene rings is 1. The summed E-state index contributed by atoms with van der Waals surface area (Å²) in [5.74, 6) is -0.896. The quantitative estimate of drug-likeness (QED) is 0.697. The van der Waals surface area contributed by atoms with Gasteiger partial charge in [0.1, 0.15) is 0 Å². The molecule has 4 N–H and O–H groups in total. The third-order valence-electron chi connectivity index (χ3n) is 4.42. The Morgan fingerprint density at radius 3 is 2.61 bits per heavy atom. The van der Waals surface area contributed by atoms with Crippen LogP contribution in [0.1, 0.15) is 46.9 Å². The number of aromatic carboxylic acids is 1. The van der Waals surface area contributed by atoms with E-state index in [1.165, 1.54) is 5.56 Å². The smallest absolute Gasteiger partial charge is 0.335 e. The first kappa shape index (κ1) is 17.5. The number of aryl methyl sites for hydroxylation is 3. The first-order chi connectivity index (χ1) is 11.0. The molecule has 5 heteroatoms. The molecule has 0 atom stereocenters. The van der Waals surface area contributed by atoms with Crippen molar-refractivity contribution in [3.8, 4) is 0 Å². The minimum atomic E-state index is -0.896. The summed E-state index contributed by atoms with van der Waals surface area (Å²) in [6.07, 6.45) is 3.18. The third kappa shape index (κ3) is 3.41. The monoisotopic (exact) mass is 318 g/mol. The maximum Gasteiger partial charge on any atom is 0.335 e. The minimum absolute atomic E-state index is 0.145. The summed E-state index contributed by atoms with van der Waals surface area (Å²) in [5.41, 5.74) is 10.5. The van der Waals surface area contributed by atoms with E-state index in [4.69, 9.17) is 5.73 Å². The van der Waals surface area contributed by atoms with Gasteiger partial charge in [0, 0.05) is 24.2 Å². The highest BCUT2D eigenvalue weighted by atomic mass is 16.4. The van der Waals surface area contributed by atoms with Crippen molar-refractivity contribution in [1.82, 2.24) is 4.57 Å². The Kier molecular flexibility index (Phi) is 5.80. The van der Waals surface area contributed by atoms with Gasteiger partial charge in [0.15, 0.2) is 0 Å². The summed E-state index contributed by atoms with van der Waals surface area (Å²) in [6, 6.07) is 3.55. The van der Waals surface area contributed by atoms with Crippen molar-refractivity contribution in [2.24, 2.45) is 5.73 Å². The second-order valence-electron chi connectivity index (χ2n) is 5.88. The van der Waals surface area contributed by atoms with Gasteiger partial charge >= 0.3 is 5.97 Å². The standard InChI is InChI=1S/C18H26N2O3/c1-3-13-10-14(18(22)23)11-16-15(6-4-7-19)12(2)20(17(13)16)8-5-9-21/h10-11,21H,3-9,19H2,1-2H3,(H,22,23). The van der Waals surface area contributed by atoms with Gasteiger partial charge in [0.2, 0.25) is 0 Å². The van der Waals surface area contributed by atoms with Crippen molar-refractivity contribution in [3.05, 3.63) is 34.5 Å². The highest BCUT2D eigenvalue weighted by Gasteiger charge is 2.18. The van der Waals surface area contributed by atoms with Gasteiger partial charge in [0.25, 0.3) is 0 Å². The molecular weight excluding hydrogens is 292 g/mol. The van der Waals surface area contributed by atoms with E-state index in [-0.39, 0.29) is 6.61 Å². The van der Waals surface area contributed by atoms with E-state index >= 15 is 0 Å². The molecular formula is C18H26N2O3. The topological polar surface area (TPSA) is 88.5 Å². The summed E-state index contributed by atoms with van der Waals surface area (Å²) in [6.45, 7) is 5.61. The Labute approximate surface area is 136 Å². The number of fused-ring (bicyclic) bond motifs is 1. The van der Waals surface area contributed by atoms with Crippen molar-refractivity contribution >= 4 is 16.9 Å². The molecule has 0 aliphatic carbocycles. The van der Waals surface area contributed by atoms with E-state index in [9.17, 15) is 15.0 Å². The summed E-state index contributed by atoms with van der Waals surface area (Å²) in [4.78, 5) is 11.4. The molecule has 2 aromatic rings. The van der Waals surface area contributed by atoms with Gasteiger partial charge in [-0.1, -0.05) is 6.92 Å². The molecule has 0 saturated heterocycles. The molecule has 0 amide bonds. The van der Waals surface area contributed by atoms with E-state index in [0.29, 0.717) is 18.5 Å². The molecule has 5 nitrogen and oxygen atoms in total. The van der Waals surface area contributed by atoms with E-state index < -0.39 is 5.97 Å². The Morgan fingerprint density at radius 1 is 1.30 bits per heavy atom. The Balaban J connectivity index is 2.73. The van der Waals surface area contributed by atoms with Gasteiger partial charge in [-0.05, 0) is 62.4 Å². The lowest BCUT2D eigenvalue weighted by molar-refractivity contribution is 0.0697. The second-order valence-corrected chi connectivity index (χ2v) is 5.88. The van der Waals surface area contributed by atoms with Crippen molar-refractivity contribution < 1.29 is 15.0 Å². The Morgan fingerprint density at radius 2 is 2.04 bits per heavy atom. The molecule has 0 unspecified atom stereocenters. The number of aliphatic hydroxyl groups excluding tert-OH is 1. The number of carboxylic acid groups (broad SMARTS) is 1. The predicted molar refractivity (Wildman–Crippen MR) is 92.1 cm³/mol. The fourth-order valence-electron chi connectivity index (χ4n) is 3.26. The van der Waals surface area contributed by atoms with Crippen LogP contribution in [0.2, 0.25) is 0 Å². The number of carbonyl (C=O) groups is 1. The summed E-state index contributed by atoms with van der Waals surface area (Å²) >= 11 is 0. The average molecular weight is 318 g/mol. The number of rotatable bonds is 8. The number of aromatic nitrogens is 1. The molecule has 0 aliphatic rings. The minimum Gasteiger partial charge on any atom is -0.478 e. The lowest BCUT2D eigenvalue weighted by atomic mass is 10.00. The molecule has 0 radical (unpaired) electrons. The number of nitrogens with zero attached hydrogens (tertiary/aromatic N) is 1. The SMILES string of the molecule is CCc1cc(C(=O)O)cc2c(CCCN)c(C)n(CCCO)c12. The van der Waals surface area contributed by atoms with Crippen LogP contribution in [0.4, 0.5) is 0 Å². The molecule has 2 rings (SSSR count). The van der Waals surface area contributed by atoms with Gasteiger partial charge in [-0.2, -0.15) is 0 Å². The first-order valence-corrected chi connectivity index (χ1v) is 8.23. The lowest BCUT2D eigenvalue weighted by Crippen LogP contribution is -2.05. The van der Waals surface area contributed by atoms with Crippen LogP contribution in [0.15, 0.2) is 12.1 Å². The average Bonchev–Trinajstić information content (AvgIpc) is 2.81. The Bertz CT molecular complexity index is 704. The first-order valence-electron chi connectivity index (χ1n) is 8.23. The normalized spacial score (nSPS) is 11.3. The molecule has 126 valence electrons. The highest BCUT2D eigenvalue weighted by Crippen LogP contribution is 2.31. The van der Waals surface area contributed by atoms with Gasteiger partial charge < -0.3 is 20.5 Å².